The predicted molar refractivity (Wildman–Crippen MR) is 58.8 cm³/mol. The number of amidine groups is 1. The lowest BCUT2D eigenvalue weighted by atomic mass is 10.2. The van der Waals surface area contributed by atoms with Crippen molar-refractivity contribution >= 4 is 5.84 Å². The van der Waals surface area contributed by atoms with Gasteiger partial charge in [-0.1, -0.05) is 6.92 Å². The van der Waals surface area contributed by atoms with Gasteiger partial charge in [0, 0.05) is 32.1 Å². The fourth-order valence-corrected chi connectivity index (χ4v) is 2.14. The minimum atomic E-state index is 0.618. The van der Waals surface area contributed by atoms with Gasteiger partial charge in [0.25, 0.3) is 0 Å². The standard InChI is InChI=1S/C11H21N3/c1-2-5-13-6-8-14(9-7-13)11(12)10-3-4-10/h10,12H,2-9H2,1H3. The normalized spacial score (nSPS) is 23.9. The Bertz CT molecular complexity index is 203. The summed E-state index contributed by atoms with van der Waals surface area (Å²) in [5.41, 5.74) is 0. The van der Waals surface area contributed by atoms with E-state index in [-0.39, 0.29) is 0 Å². The Hall–Kier alpha value is -0.570. The van der Waals surface area contributed by atoms with Gasteiger partial charge in [0.2, 0.25) is 0 Å². The van der Waals surface area contributed by atoms with Crippen LogP contribution in [0.25, 0.3) is 0 Å². The average molecular weight is 195 g/mol. The van der Waals surface area contributed by atoms with Gasteiger partial charge < -0.3 is 4.90 Å². The largest absolute Gasteiger partial charge is 0.358 e. The van der Waals surface area contributed by atoms with Crippen molar-refractivity contribution in [2.75, 3.05) is 32.7 Å². The molecule has 3 heteroatoms. The van der Waals surface area contributed by atoms with Crippen molar-refractivity contribution in [3.63, 3.8) is 0 Å². The number of nitrogens with zero attached hydrogens (tertiary/aromatic N) is 2. The third kappa shape index (κ3) is 2.27. The Morgan fingerprint density at radius 3 is 2.36 bits per heavy atom. The summed E-state index contributed by atoms with van der Waals surface area (Å²) in [5, 5.41) is 7.98. The van der Waals surface area contributed by atoms with Crippen molar-refractivity contribution in [1.82, 2.24) is 9.80 Å². The maximum atomic E-state index is 7.98. The highest BCUT2D eigenvalue weighted by atomic mass is 15.3. The van der Waals surface area contributed by atoms with Crippen LogP contribution in [0.5, 0.6) is 0 Å². The van der Waals surface area contributed by atoms with E-state index in [1.807, 2.05) is 0 Å². The molecule has 0 aromatic rings. The minimum absolute atomic E-state index is 0.618. The molecule has 1 heterocycles. The van der Waals surface area contributed by atoms with Gasteiger partial charge in [0.1, 0.15) is 0 Å². The second-order valence-electron chi connectivity index (χ2n) is 4.49. The summed E-state index contributed by atoms with van der Waals surface area (Å²) in [6.07, 6.45) is 3.77. The highest BCUT2D eigenvalue weighted by Crippen LogP contribution is 2.31. The third-order valence-electron chi connectivity index (χ3n) is 3.22. The summed E-state index contributed by atoms with van der Waals surface area (Å²) in [6.45, 7) is 7.93. The molecule has 1 N–H and O–H groups in total. The molecule has 0 spiro atoms. The zero-order valence-corrected chi connectivity index (χ0v) is 9.13. The van der Waals surface area contributed by atoms with E-state index in [2.05, 4.69) is 16.7 Å². The Labute approximate surface area is 86.6 Å². The first kappa shape index (κ1) is 9.97. The highest BCUT2D eigenvalue weighted by molar-refractivity contribution is 5.83. The maximum absolute atomic E-state index is 7.98. The molecular formula is C11H21N3. The van der Waals surface area contributed by atoms with Gasteiger partial charge in [0.05, 0.1) is 5.84 Å². The van der Waals surface area contributed by atoms with Crippen LogP contribution in [0.15, 0.2) is 0 Å². The lowest BCUT2D eigenvalue weighted by molar-refractivity contribution is 0.179. The fourth-order valence-electron chi connectivity index (χ4n) is 2.14. The van der Waals surface area contributed by atoms with E-state index in [0.717, 1.165) is 32.0 Å². The van der Waals surface area contributed by atoms with Crippen LogP contribution in [0.3, 0.4) is 0 Å². The van der Waals surface area contributed by atoms with E-state index < -0.39 is 0 Å². The first-order valence-corrected chi connectivity index (χ1v) is 5.87. The van der Waals surface area contributed by atoms with Gasteiger partial charge in [0.15, 0.2) is 0 Å². The van der Waals surface area contributed by atoms with E-state index in [1.54, 1.807) is 0 Å². The molecule has 0 amide bonds. The van der Waals surface area contributed by atoms with Crippen LogP contribution in [-0.4, -0.2) is 48.4 Å². The summed E-state index contributed by atoms with van der Waals surface area (Å²) < 4.78 is 0. The van der Waals surface area contributed by atoms with Crippen molar-refractivity contribution in [3.8, 4) is 0 Å². The van der Waals surface area contributed by atoms with Crippen LogP contribution in [0.1, 0.15) is 26.2 Å². The monoisotopic (exact) mass is 195 g/mol. The molecule has 1 saturated heterocycles. The van der Waals surface area contributed by atoms with Gasteiger partial charge in [-0.15, -0.1) is 0 Å². The zero-order valence-electron chi connectivity index (χ0n) is 9.13. The molecular weight excluding hydrogens is 174 g/mol. The number of piperazine rings is 1. The van der Waals surface area contributed by atoms with E-state index in [9.17, 15) is 0 Å². The molecule has 1 aliphatic carbocycles. The molecule has 0 radical (unpaired) electrons. The van der Waals surface area contributed by atoms with Gasteiger partial charge in [-0.2, -0.15) is 0 Å². The van der Waals surface area contributed by atoms with Crippen molar-refractivity contribution in [2.45, 2.75) is 26.2 Å². The van der Waals surface area contributed by atoms with Gasteiger partial charge >= 0.3 is 0 Å². The lowest BCUT2D eigenvalue weighted by Crippen LogP contribution is -2.49. The molecule has 1 aliphatic heterocycles. The molecule has 0 bridgehead atoms. The molecule has 2 aliphatic rings. The zero-order chi connectivity index (χ0) is 9.97. The minimum Gasteiger partial charge on any atom is -0.358 e. The quantitative estimate of drug-likeness (QED) is 0.545. The second-order valence-corrected chi connectivity index (χ2v) is 4.49. The van der Waals surface area contributed by atoms with Crippen LogP contribution in [-0.2, 0) is 0 Å². The summed E-state index contributed by atoms with van der Waals surface area (Å²) in [4.78, 5) is 4.79. The summed E-state index contributed by atoms with van der Waals surface area (Å²) in [6, 6.07) is 0. The van der Waals surface area contributed by atoms with E-state index in [4.69, 9.17) is 5.41 Å². The smallest absolute Gasteiger partial charge is 0.0990 e. The second kappa shape index (κ2) is 4.30. The first-order valence-electron chi connectivity index (χ1n) is 5.87. The van der Waals surface area contributed by atoms with Gasteiger partial charge in [-0.25, -0.2) is 0 Å². The SMILES string of the molecule is CCCN1CCN(C(=N)C2CC2)CC1. The number of rotatable bonds is 3. The Morgan fingerprint density at radius 2 is 1.86 bits per heavy atom. The number of nitrogens with one attached hydrogen (secondary N) is 1. The van der Waals surface area contributed by atoms with Crippen LogP contribution in [0.2, 0.25) is 0 Å². The molecule has 0 aromatic heterocycles. The van der Waals surface area contributed by atoms with Crippen LogP contribution >= 0.6 is 0 Å². The van der Waals surface area contributed by atoms with Gasteiger partial charge in [-0.05, 0) is 25.8 Å². The molecule has 0 atom stereocenters. The van der Waals surface area contributed by atoms with E-state index in [0.29, 0.717) is 5.92 Å². The van der Waals surface area contributed by atoms with E-state index in [1.165, 1.54) is 25.8 Å². The number of hydrogen-bond donors (Lipinski definition) is 1. The van der Waals surface area contributed by atoms with Crippen molar-refractivity contribution < 1.29 is 0 Å². The van der Waals surface area contributed by atoms with Crippen molar-refractivity contribution in [1.29, 1.82) is 5.41 Å². The molecule has 14 heavy (non-hydrogen) atoms. The molecule has 2 rings (SSSR count). The highest BCUT2D eigenvalue weighted by Gasteiger charge is 2.31. The fraction of sp³-hybridized carbons (Fsp3) is 0.909. The van der Waals surface area contributed by atoms with E-state index >= 15 is 0 Å². The van der Waals surface area contributed by atoms with Crippen molar-refractivity contribution in [3.05, 3.63) is 0 Å². The lowest BCUT2D eigenvalue weighted by Gasteiger charge is -2.36. The molecule has 2 fully saturated rings. The molecule has 80 valence electrons. The summed E-state index contributed by atoms with van der Waals surface area (Å²) in [7, 11) is 0. The Morgan fingerprint density at radius 1 is 1.21 bits per heavy atom. The van der Waals surface area contributed by atoms with Crippen LogP contribution in [0, 0.1) is 11.3 Å². The van der Waals surface area contributed by atoms with Crippen molar-refractivity contribution in [2.24, 2.45) is 5.92 Å². The van der Waals surface area contributed by atoms with Crippen LogP contribution < -0.4 is 0 Å². The topological polar surface area (TPSA) is 30.3 Å². The maximum Gasteiger partial charge on any atom is 0.0990 e. The summed E-state index contributed by atoms with van der Waals surface area (Å²) >= 11 is 0. The Kier molecular flexibility index (Phi) is 3.06. The number of hydrogen-bond acceptors (Lipinski definition) is 2. The molecule has 0 aromatic carbocycles. The molecule has 0 unspecified atom stereocenters. The molecule has 3 nitrogen and oxygen atoms in total. The molecule has 1 saturated carbocycles. The third-order valence-corrected chi connectivity index (χ3v) is 3.22. The summed E-state index contributed by atoms with van der Waals surface area (Å²) in [5.74, 6) is 1.54. The predicted octanol–water partition coefficient (Wildman–Crippen LogP) is 1.40. The average Bonchev–Trinajstić information content (AvgIpc) is 3.02. The van der Waals surface area contributed by atoms with Gasteiger partial charge in [-0.3, -0.25) is 10.3 Å². The Balaban J connectivity index is 1.74. The van der Waals surface area contributed by atoms with Crippen LogP contribution in [0.4, 0.5) is 0 Å². The first-order chi connectivity index (χ1) is 6.81.